The third-order valence-corrected chi connectivity index (χ3v) is 4.97. The molecule has 1 aliphatic rings. The highest BCUT2D eigenvalue weighted by atomic mass is 16.5. The second-order valence-corrected chi connectivity index (χ2v) is 7.42. The van der Waals surface area contributed by atoms with Crippen molar-refractivity contribution in [3.05, 3.63) is 54.1 Å². The molecular formula is C20H24N4O2. The van der Waals surface area contributed by atoms with Crippen molar-refractivity contribution in [1.29, 1.82) is 0 Å². The average molecular weight is 352 g/mol. The van der Waals surface area contributed by atoms with Gasteiger partial charge in [-0.05, 0) is 42.5 Å². The van der Waals surface area contributed by atoms with Crippen molar-refractivity contribution in [2.45, 2.75) is 45.7 Å². The number of pyridine rings is 1. The molecule has 6 nitrogen and oxygen atoms in total. The molecule has 1 aliphatic carbocycles. The smallest absolute Gasteiger partial charge is 0.244 e. The first-order valence-electron chi connectivity index (χ1n) is 9.18. The molecular weight excluding hydrogens is 328 g/mol. The molecule has 3 heterocycles. The Hall–Kier alpha value is -2.47. The van der Waals surface area contributed by atoms with Crippen LogP contribution >= 0.6 is 0 Å². The van der Waals surface area contributed by atoms with E-state index in [1.54, 1.807) is 12.4 Å². The predicted molar refractivity (Wildman–Crippen MR) is 97.2 cm³/mol. The van der Waals surface area contributed by atoms with Crippen LogP contribution in [0.3, 0.4) is 0 Å². The fraction of sp³-hybridized carbons (Fsp3) is 0.450. The molecule has 0 aromatic carbocycles. The Morgan fingerprint density at radius 1 is 1.19 bits per heavy atom. The minimum absolute atomic E-state index is 0.0357. The topological polar surface area (TPSA) is 77.0 Å². The van der Waals surface area contributed by atoms with E-state index in [1.165, 1.54) is 6.42 Å². The van der Waals surface area contributed by atoms with E-state index in [2.05, 4.69) is 53.3 Å². The van der Waals surface area contributed by atoms with E-state index in [1.807, 2.05) is 12.1 Å². The molecule has 26 heavy (non-hydrogen) atoms. The van der Waals surface area contributed by atoms with Crippen LogP contribution in [0.5, 0.6) is 0 Å². The van der Waals surface area contributed by atoms with Gasteiger partial charge in [-0.15, -0.1) is 0 Å². The van der Waals surface area contributed by atoms with E-state index >= 15 is 0 Å². The van der Waals surface area contributed by atoms with Gasteiger partial charge in [0.1, 0.15) is 11.5 Å². The molecule has 136 valence electrons. The highest BCUT2D eigenvalue weighted by molar-refractivity contribution is 5.52. The van der Waals surface area contributed by atoms with E-state index in [9.17, 15) is 0 Å². The summed E-state index contributed by atoms with van der Waals surface area (Å²) in [5.41, 5.74) is 0.895. The molecule has 3 unspecified atom stereocenters. The molecule has 0 spiro atoms. The van der Waals surface area contributed by atoms with Crippen molar-refractivity contribution in [2.75, 3.05) is 0 Å². The summed E-state index contributed by atoms with van der Waals surface area (Å²) in [5, 5.41) is 7.61. The molecule has 0 amide bonds. The predicted octanol–water partition coefficient (Wildman–Crippen LogP) is 4.33. The first-order chi connectivity index (χ1) is 12.6. The van der Waals surface area contributed by atoms with Crippen molar-refractivity contribution < 1.29 is 8.94 Å². The first-order valence-corrected chi connectivity index (χ1v) is 9.18. The van der Waals surface area contributed by atoms with Crippen molar-refractivity contribution in [1.82, 2.24) is 20.4 Å². The summed E-state index contributed by atoms with van der Waals surface area (Å²) < 4.78 is 11.5. The second-order valence-electron chi connectivity index (χ2n) is 7.42. The molecule has 0 bridgehead atoms. The molecule has 3 aromatic heterocycles. The minimum Gasteiger partial charge on any atom is -0.464 e. The first kappa shape index (κ1) is 17.0. The third kappa shape index (κ3) is 3.55. The zero-order valence-electron chi connectivity index (χ0n) is 15.3. The average Bonchev–Trinajstić information content (AvgIpc) is 3.05. The number of hydrogen-bond acceptors (Lipinski definition) is 6. The van der Waals surface area contributed by atoms with Crippen LogP contribution in [0.4, 0.5) is 0 Å². The Kier molecular flexibility index (Phi) is 4.59. The van der Waals surface area contributed by atoms with Gasteiger partial charge in [-0.2, -0.15) is 4.98 Å². The lowest BCUT2D eigenvalue weighted by atomic mass is 10.0. The fourth-order valence-corrected chi connectivity index (χ4v) is 3.21. The SMILES string of the molecule is CC(C)C(NCc1ccc(C2CC2C)o1)c1nc(-c2ccncc2)no1. The van der Waals surface area contributed by atoms with Gasteiger partial charge in [-0.3, -0.25) is 10.3 Å². The Bertz CT molecular complexity index is 856. The van der Waals surface area contributed by atoms with E-state index in [-0.39, 0.29) is 6.04 Å². The van der Waals surface area contributed by atoms with Gasteiger partial charge in [-0.25, -0.2) is 0 Å². The number of aromatic nitrogens is 3. The van der Waals surface area contributed by atoms with Gasteiger partial charge in [0.15, 0.2) is 0 Å². The highest BCUT2D eigenvalue weighted by Gasteiger charge is 2.36. The second kappa shape index (κ2) is 7.03. The van der Waals surface area contributed by atoms with Gasteiger partial charge in [0.05, 0.1) is 12.6 Å². The van der Waals surface area contributed by atoms with Crippen molar-refractivity contribution in [3.8, 4) is 11.4 Å². The van der Waals surface area contributed by atoms with E-state index in [0.29, 0.717) is 30.1 Å². The molecule has 1 fully saturated rings. The molecule has 0 radical (unpaired) electrons. The maximum Gasteiger partial charge on any atom is 0.244 e. The maximum absolute atomic E-state index is 5.98. The molecule has 3 atom stereocenters. The minimum atomic E-state index is -0.0357. The van der Waals surface area contributed by atoms with Crippen molar-refractivity contribution in [3.63, 3.8) is 0 Å². The van der Waals surface area contributed by atoms with Gasteiger partial charge < -0.3 is 8.94 Å². The third-order valence-electron chi connectivity index (χ3n) is 4.97. The number of nitrogens with one attached hydrogen (secondary N) is 1. The van der Waals surface area contributed by atoms with Crippen LogP contribution in [0, 0.1) is 11.8 Å². The normalized spacial score (nSPS) is 20.5. The fourth-order valence-electron chi connectivity index (χ4n) is 3.21. The van der Waals surface area contributed by atoms with E-state index in [4.69, 9.17) is 8.94 Å². The summed E-state index contributed by atoms with van der Waals surface area (Å²) in [4.78, 5) is 8.59. The van der Waals surface area contributed by atoms with Crippen molar-refractivity contribution >= 4 is 0 Å². The largest absolute Gasteiger partial charge is 0.464 e. The molecule has 0 saturated heterocycles. The molecule has 4 rings (SSSR count). The summed E-state index contributed by atoms with van der Waals surface area (Å²) in [7, 11) is 0. The Labute approximate surface area is 153 Å². The van der Waals surface area contributed by atoms with Crippen LogP contribution in [0.25, 0.3) is 11.4 Å². The number of rotatable bonds is 7. The van der Waals surface area contributed by atoms with E-state index < -0.39 is 0 Å². The summed E-state index contributed by atoms with van der Waals surface area (Å²) in [6, 6.07) is 7.86. The van der Waals surface area contributed by atoms with Gasteiger partial charge >= 0.3 is 0 Å². The van der Waals surface area contributed by atoms with Gasteiger partial charge in [0.25, 0.3) is 0 Å². The Morgan fingerprint density at radius 2 is 1.96 bits per heavy atom. The van der Waals surface area contributed by atoms with Crippen LogP contribution in [0.15, 0.2) is 45.6 Å². The molecule has 0 aliphatic heterocycles. The quantitative estimate of drug-likeness (QED) is 0.682. The summed E-state index contributed by atoms with van der Waals surface area (Å²) in [5.74, 6) is 4.87. The summed E-state index contributed by atoms with van der Waals surface area (Å²) in [6.07, 6.45) is 4.67. The van der Waals surface area contributed by atoms with Gasteiger partial charge in [-0.1, -0.05) is 25.9 Å². The lowest BCUT2D eigenvalue weighted by molar-refractivity contribution is 0.281. The number of hydrogen-bond donors (Lipinski definition) is 1. The van der Waals surface area contributed by atoms with Crippen LogP contribution in [-0.4, -0.2) is 15.1 Å². The van der Waals surface area contributed by atoms with Gasteiger partial charge in [0.2, 0.25) is 11.7 Å². The van der Waals surface area contributed by atoms with Crippen molar-refractivity contribution in [2.24, 2.45) is 11.8 Å². The van der Waals surface area contributed by atoms with Crippen LogP contribution < -0.4 is 5.32 Å². The Balaban J connectivity index is 1.44. The van der Waals surface area contributed by atoms with Crippen LogP contribution in [0.1, 0.15) is 56.6 Å². The summed E-state index contributed by atoms with van der Waals surface area (Å²) >= 11 is 0. The lowest BCUT2D eigenvalue weighted by Crippen LogP contribution is -2.25. The number of furan rings is 1. The molecule has 3 aromatic rings. The standard InChI is InChI=1S/C20H24N4O2/c1-12(2)18(20-23-19(24-26-20)14-6-8-21-9-7-14)22-11-15-4-5-17(25-15)16-10-13(16)3/h4-9,12-13,16,18,22H,10-11H2,1-3H3. The Morgan fingerprint density at radius 3 is 2.65 bits per heavy atom. The van der Waals surface area contributed by atoms with Crippen LogP contribution in [0.2, 0.25) is 0 Å². The monoisotopic (exact) mass is 352 g/mol. The zero-order chi connectivity index (χ0) is 18.1. The highest BCUT2D eigenvalue weighted by Crippen LogP contribution is 2.47. The zero-order valence-corrected chi connectivity index (χ0v) is 15.3. The van der Waals surface area contributed by atoms with E-state index in [0.717, 1.165) is 23.0 Å². The van der Waals surface area contributed by atoms with Gasteiger partial charge in [0, 0.05) is 23.9 Å². The maximum atomic E-state index is 5.98. The molecule has 1 N–H and O–H groups in total. The lowest BCUT2D eigenvalue weighted by Gasteiger charge is -2.17. The molecule has 6 heteroatoms. The molecule has 1 saturated carbocycles. The summed E-state index contributed by atoms with van der Waals surface area (Å²) in [6.45, 7) is 7.16. The number of nitrogens with zero attached hydrogens (tertiary/aromatic N) is 3. The van der Waals surface area contributed by atoms with Crippen LogP contribution in [-0.2, 0) is 6.54 Å².